The predicted molar refractivity (Wildman–Crippen MR) is 90.7 cm³/mol. The minimum absolute atomic E-state index is 0.00234. The van der Waals surface area contributed by atoms with Crippen molar-refractivity contribution >= 4 is 6.03 Å². The van der Waals surface area contributed by atoms with Gasteiger partial charge in [-0.25, -0.2) is 4.79 Å². The van der Waals surface area contributed by atoms with Crippen LogP contribution in [0.3, 0.4) is 0 Å². The van der Waals surface area contributed by atoms with E-state index in [1.165, 1.54) is 5.56 Å². The molecule has 0 bridgehead atoms. The van der Waals surface area contributed by atoms with Crippen LogP contribution >= 0.6 is 0 Å². The molecule has 0 saturated heterocycles. The third-order valence-electron chi connectivity index (χ3n) is 3.73. The average Bonchev–Trinajstić information content (AvgIpc) is 2.54. The second-order valence-corrected chi connectivity index (χ2v) is 5.68. The normalized spacial score (nSPS) is 13.2. The molecule has 0 aromatic heterocycles. The molecule has 2 N–H and O–H groups in total. The lowest BCUT2D eigenvalue weighted by Gasteiger charge is -2.18. The molecule has 0 aliphatic rings. The third kappa shape index (κ3) is 5.24. The molecule has 2 atom stereocenters. The van der Waals surface area contributed by atoms with E-state index < -0.39 is 0 Å². The molecule has 116 valence electrons. The molecule has 0 saturated carbocycles. The first-order chi connectivity index (χ1) is 10.6. The average molecular weight is 296 g/mol. The monoisotopic (exact) mass is 296 g/mol. The van der Waals surface area contributed by atoms with Crippen LogP contribution in [0.15, 0.2) is 60.7 Å². The van der Waals surface area contributed by atoms with E-state index in [-0.39, 0.29) is 18.1 Å². The Balaban J connectivity index is 1.74. The highest BCUT2D eigenvalue weighted by Gasteiger charge is 2.11. The number of rotatable bonds is 6. The van der Waals surface area contributed by atoms with Crippen LogP contribution in [-0.2, 0) is 6.42 Å². The number of nitrogens with one attached hydrogen (secondary N) is 2. The van der Waals surface area contributed by atoms with Crippen molar-refractivity contribution in [3.63, 3.8) is 0 Å². The molecule has 0 aliphatic carbocycles. The summed E-state index contributed by atoms with van der Waals surface area (Å²) in [5.74, 6) is 0. The second-order valence-electron chi connectivity index (χ2n) is 5.68. The highest BCUT2D eigenvalue weighted by molar-refractivity contribution is 5.74. The van der Waals surface area contributed by atoms with Gasteiger partial charge in [0.05, 0.1) is 6.04 Å². The quantitative estimate of drug-likeness (QED) is 0.829. The van der Waals surface area contributed by atoms with Crippen LogP contribution in [0.2, 0.25) is 0 Å². The number of benzene rings is 2. The fourth-order valence-electron chi connectivity index (χ4n) is 2.39. The number of amides is 2. The summed E-state index contributed by atoms with van der Waals surface area (Å²) in [4.78, 5) is 12.0. The maximum Gasteiger partial charge on any atom is 0.315 e. The van der Waals surface area contributed by atoms with Gasteiger partial charge in [0.1, 0.15) is 0 Å². The van der Waals surface area contributed by atoms with Crippen molar-refractivity contribution in [3.05, 3.63) is 71.8 Å². The van der Waals surface area contributed by atoms with E-state index in [2.05, 4.69) is 22.8 Å². The van der Waals surface area contributed by atoms with Crippen molar-refractivity contribution in [2.75, 3.05) is 0 Å². The van der Waals surface area contributed by atoms with Crippen LogP contribution in [0.5, 0.6) is 0 Å². The molecule has 0 heterocycles. The molecule has 2 rings (SSSR count). The Hall–Kier alpha value is -2.29. The van der Waals surface area contributed by atoms with Crippen molar-refractivity contribution < 1.29 is 4.79 Å². The van der Waals surface area contributed by atoms with Gasteiger partial charge in [0, 0.05) is 6.04 Å². The van der Waals surface area contributed by atoms with E-state index in [0.29, 0.717) is 0 Å². The molecule has 0 unspecified atom stereocenters. The van der Waals surface area contributed by atoms with Gasteiger partial charge in [-0.3, -0.25) is 0 Å². The molecule has 2 aromatic carbocycles. The van der Waals surface area contributed by atoms with Crippen LogP contribution in [0.4, 0.5) is 4.79 Å². The topological polar surface area (TPSA) is 41.1 Å². The zero-order chi connectivity index (χ0) is 15.8. The smallest absolute Gasteiger partial charge is 0.315 e. The van der Waals surface area contributed by atoms with Gasteiger partial charge in [-0.05, 0) is 37.8 Å². The fourth-order valence-corrected chi connectivity index (χ4v) is 2.39. The highest BCUT2D eigenvalue weighted by Crippen LogP contribution is 2.11. The van der Waals surface area contributed by atoms with Crippen LogP contribution in [0.1, 0.15) is 37.4 Å². The van der Waals surface area contributed by atoms with E-state index in [1.807, 2.05) is 62.4 Å². The Morgan fingerprint density at radius 1 is 0.909 bits per heavy atom. The van der Waals surface area contributed by atoms with E-state index in [4.69, 9.17) is 0 Å². The minimum atomic E-state index is -0.114. The molecule has 3 nitrogen and oxygen atoms in total. The summed E-state index contributed by atoms with van der Waals surface area (Å²) in [5, 5.41) is 5.98. The molecular weight excluding hydrogens is 272 g/mol. The summed E-state index contributed by atoms with van der Waals surface area (Å²) in [6.45, 7) is 4.03. The Morgan fingerprint density at radius 2 is 1.50 bits per heavy atom. The molecule has 2 amide bonds. The lowest BCUT2D eigenvalue weighted by atomic mass is 10.1. The lowest BCUT2D eigenvalue weighted by Crippen LogP contribution is -2.41. The number of carbonyl (C=O) groups excluding carboxylic acids is 1. The predicted octanol–water partition coefficient (Wildman–Crippen LogP) is 4.07. The minimum Gasteiger partial charge on any atom is -0.336 e. The van der Waals surface area contributed by atoms with E-state index in [9.17, 15) is 4.79 Å². The number of carbonyl (C=O) groups is 1. The molecule has 0 fully saturated rings. The first-order valence-electron chi connectivity index (χ1n) is 7.81. The number of aryl methyl sites for hydroxylation is 1. The second kappa shape index (κ2) is 8.23. The summed E-state index contributed by atoms with van der Waals surface area (Å²) in [7, 11) is 0. The molecule has 2 aromatic rings. The first-order valence-corrected chi connectivity index (χ1v) is 7.81. The zero-order valence-electron chi connectivity index (χ0n) is 13.3. The summed E-state index contributed by atoms with van der Waals surface area (Å²) in [5.41, 5.74) is 2.41. The maximum absolute atomic E-state index is 12.0. The summed E-state index contributed by atoms with van der Waals surface area (Å²) >= 11 is 0. The molecule has 22 heavy (non-hydrogen) atoms. The van der Waals surface area contributed by atoms with Gasteiger partial charge in [-0.15, -0.1) is 0 Å². The number of hydrogen-bond donors (Lipinski definition) is 2. The molecular formula is C19H24N2O. The van der Waals surface area contributed by atoms with Crippen LogP contribution < -0.4 is 10.6 Å². The summed E-state index contributed by atoms with van der Waals surface area (Å²) in [6, 6.07) is 20.3. The van der Waals surface area contributed by atoms with Crippen molar-refractivity contribution in [2.24, 2.45) is 0 Å². The standard InChI is InChI=1S/C19H24N2O/c1-15(13-14-17-9-5-3-6-10-17)20-19(22)21-16(2)18-11-7-4-8-12-18/h3-12,15-16H,13-14H2,1-2H3,(H2,20,21,22)/t15-,16+/m0/s1. The van der Waals surface area contributed by atoms with E-state index in [1.54, 1.807) is 0 Å². The van der Waals surface area contributed by atoms with E-state index in [0.717, 1.165) is 18.4 Å². The Kier molecular flexibility index (Phi) is 6.01. The Bertz CT molecular complexity index is 569. The SMILES string of the molecule is C[C@@H](CCc1ccccc1)NC(=O)N[C@H](C)c1ccccc1. The molecule has 0 radical (unpaired) electrons. The maximum atomic E-state index is 12.0. The van der Waals surface area contributed by atoms with Gasteiger partial charge in [0.2, 0.25) is 0 Å². The lowest BCUT2D eigenvalue weighted by molar-refractivity contribution is 0.234. The van der Waals surface area contributed by atoms with Gasteiger partial charge < -0.3 is 10.6 Å². The van der Waals surface area contributed by atoms with Gasteiger partial charge >= 0.3 is 6.03 Å². The zero-order valence-corrected chi connectivity index (χ0v) is 13.3. The van der Waals surface area contributed by atoms with Crippen LogP contribution in [0.25, 0.3) is 0 Å². The van der Waals surface area contributed by atoms with Crippen molar-refractivity contribution in [2.45, 2.75) is 38.8 Å². The van der Waals surface area contributed by atoms with Gasteiger partial charge in [-0.2, -0.15) is 0 Å². The van der Waals surface area contributed by atoms with Crippen molar-refractivity contribution in [3.8, 4) is 0 Å². The Labute approximate surface area is 132 Å². The molecule has 0 aliphatic heterocycles. The largest absolute Gasteiger partial charge is 0.336 e. The first kappa shape index (κ1) is 16.1. The fraction of sp³-hybridized carbons (Fsp3) is 0.316. The summed E-state index contributed by atoms with van der Waals surface area (Å²) in [6.07, 6.45) is 1.90. The third-order valence-corrected chi connectivity index (χ3v) is 3.73. The van der Waals surface area contributed by atoms with Crippen molar-refractivity contribution in [1.29, 1.82) is 0 Å². The Morgan fingerprint density at radius 3 is 2.14 bits per heavy atom. The van der Waals surface area contributed by atoms with Crippen molar-refractivity contribution in [1.82, 2.24) is 10.6 Å². The molecule has 3 heteroatoms. The summed E-state index contributed by atoms with van der Waals surface area (Å²) < 4.78 is 0. The van der Waals surface area contributed by atoms with E-state index >= 15 is 0 Å². The highest BCUT2D eigenvalue weighted by atomic mass is 16.2. The van der Waals surface area contributed by atoms with Gasteiger partial charge in [-0.1, -0.05) is 60.7 Å². The number of hydrogen-bond acceptors (Lipinski definition) is 1. The van der Waals surface area contributed by atoms with Crippen LogP contribution in [-0.4, -0.2) is 12.1 Å². The van der Waals surface area contributed by atoms with Gasteiger partial charge in [0.15, 0.2) is 0 Å². The van der Waals surface area contributed by atoms with Crippen LogP contribution in [0, 0.1) is 0 Å². The van der Waals surface area contributed by atoms with Gasteiger partial charge in [0.25, 0.3) is 0 Å². The molecule has 0 spiro atoms. The number of urea groups is 1.